The molecule has 3 rings (SSSR count). The molecule has 0 aliphatic carbocycles. The van der Waals surface area contributed by atoms with E-state index in [9.17, 15) is 9.70 Å². The van der Waals surface area contributed by atoms with Gasteiger partial charge in [-0.3, -0.25) is 0 Å². The highest BCUT2D eigenvalue weighted by atomic mass is 16.5. The van der Waals surface area contributed by atoms with Crippen LogP contribution in [-0.2, 0) is 22.5 Å². The lowest BCUT2D eigenvalue weighted by molar-refractivity contribution is -0.147. The van der Waals surface area contributed by atoms with Crippen molar-refractivity contribution in [1.82, 2.24) is 9.99 Å². The van der Waals surface area contributed by atoms with Crippen LogP contribution < -0.4 is 0 Å². The second-order valence-electron chi connectivity index (χ2n) is 4.55. The van der Waals surface area contributed by atoms with Crippen molar-refractivity contribution >= 4 is 16.9 Å². The molecule has 0 saturated carbocycles. The van der Waals surface area contributed by atoms with E-state index in [1.807, 2.05) is 24.3 Å². The maximum atomic E-state index is 11.7. The molecule has 0 fully saturated rings. The molecule has 98 valence electrons. The lowest BCUT2D eigenvalue weighted by Crippen LogP contribution is -2.42. The number of aromatic nitrogens is 1. The number of aromatic amines is 1. The Labute approximate surface area is 109 Å². The first-order chi connectivity index (χ1) is 9.24. The van der Waals surface area contributed by atoms with Gasteiger partial charge in [-0.25, -0.2) is 9.80 Å². The van der Waals surface area contributed by atoms with Crippen molar-refractivity contribution in [2.75, 3.05) is 7.11 Å². The smallest absolute Gasteiger partial charge is 0.330 e. The summed E-state index contributed by atoms with van der Waals surface area (Å²) in [6.45, 7) is 0.299. The molecular weight excluding hydrogens is 246 g/mol. The number of carbonyl (C=O) groups is 1. The number of esters is 1. The predicted molar refractivity (Wildman–Crippen MR) is 69.1 cm³/mol. The summed E-state index contributed by atoms with van der Waals surface area (Å²) in [5.41, 5.74) is 3.00. The zero-order chi connectivity index (χ0) is 13.4. The van der Waals surface area contributed by atoms with Gasteiger partial charge < -0.3 is 9.72 Å². The summed E-state index contributed by atoms with van der Waals surface area (Å²) in [5.74, 6) is -0.435. The van der Waals surface area contributed by atoms with Gasteiger partial charge in [-0.15, -0.1) is 4.91 Å². The average Bonchev–Trinajstić information content (AvgIpc) is 2.82. The zero-order valence-electron chi connectivity index (χ0n) is 10.4. The number of nitrogens with zero attached hydrogens (tertiary/aromatic N) is 2. The SMILES string of the molecule is COC(=O)C1Cc2c([nH]c3ccccc23)CN1N=O. The highest BCUT2D eigenvalue weighted by Gasteiger charge is 2.34. The highest BCUT2D eigenvalue weighted by molar-refractivity contribution is 5.86. The van der Waals surface area contributed by atoms with Crippen molar-refractivity contribution in [2.24, 2.45) is 5.29 Å². The van der Waals surface area contributed by atoms with Crippen molar-refractivity contribution in [3.05, 3.63) is 40.4 Å². The van der Waals surface area contributed by atoms with Crippen LogP contribution in [0.3, 0.4) is 0 Å². The third-order valence-corrected chi connectivity index (χ3v) is 3.56. The molecule has 1 unspecified atom stereocenters. The molecule has 1 N–H and O–H groups in total. The molecule has 0 amide bonds. The van der Waals surface area contributed by atoms with E-state index in [0.717, 1.165) is 22.2 Å². The number of carbonyl (C=O) groups excluding carboxylic acids is 1. The van der Waals surface area contributed by atoms with Crippen LogP contribution in [0.5, 0.6) is 0 Å². The Balaban J connectivity index is 2.08. The number of hydrogen-bond donors (Lipinski definition) is 1. The fourth-order valence-electron chi connectivity index (χ4n) is 2.62. The minimum atomic E-state index is -0.644. The van der Waals surface area contributed by atoms with Gasteiger partial charge in [0.15, 0.2) is 6.04 Å². The second-order valence-corrected chi connectivity index (χ2v) is 4.55. The van der Waals surface area contributed by atoms with Gasteiger partial charge in [0.25, 0.3) is 0 Å². The highest BCUT2D eigenvalue weighted by Crippen LogP contribution is 2.30. The number of benzene rings is 1. The number of rotatable bonds is 2. The average molecular weight is 259 g/mol. The normalized spacial score (nSPS) is 18.2. The number of hydrogen-bond acceptors (Lipinski definition) is 4. The second kappa shape index (κ2) is 4.38. The molecule has 0 spiro atoms. The summed E-state index contributed by atoms with van der Waals surface area (Å²) in [4.78, 5) is 25.9. The van der Waals surface area contributed by atoms with Crippen LogP contribution in [0.15, 0.2) is 29.6 Å². The molecule has 19 heavy (non-hydrogen) atoms. The lowest BCUT2D eigenvalue weighted by atomic mass is 9.98. The quantitative estimate of drug-likeness (QED) is 0.658. The summed E-state index contributed by atoms with van der Waals surface area (Å²) in [6, 6.07) is 7.23. The molecule has 1 atom stereocenters. The van der Waals surface area contributed by atoms with Crippen LogP contribution in [0.25, 0.3) is 10.9 Å². The monoisotopic (exact) mass is 259 g/mol. The van der Waals surface area contributed by atoms with Crippen LogP contribution in [0, 0.1) is 4.91 Å². The molecule has 0 saturated heterocycles. The van der Waals surface area contributed by atoms with Gasteiger partial charge in [-0.1, -0.05) is 18.2 Å². The summed E-state index contributed by atoms with van der Waals surface area (Å²) < 4.78 is 4.74. The van der Waals surface area contributed by atoms with Gasteiger partial charge >= 0.3 is 5.97 Å². The molecule has 2 aromatic rings. The number of ether oxygens (including phenoxy) is 1. The molecule has 1 aromatic carbocycles. The van der Waals surface area contributed by atoms with Crippen molar-refractivity contribution in [1.29, 1.82) is 0 Å². The molecule has 6 nitrogen and oxygen atoms in total. The van der Waals surface area contributed by atoms with Crippen molar-refractivity contribution in [3.63, 3.8) is 0 Å². The van der Waals surface area contributed by atoms with Gasteiger partial charge in [0.05, 0.1) is 18.9 Å². The fraction of sp³-hybridized carbons (Fsp3) is 0.308. The maximum Gasteiger partial charge on any atom is 0.330 e. The number of methoxy groups -OCH3 is 1. The summed E-state index contributed by atoms with van der Waals surface area (Å²) >= 11 is 0. The standard InChI is InChI=1S/C13H13N3O3/c1-19-13(17)12-6-9-8-4-2-3-5-10(8)14-11(9)7-16(12)15-18/h2-5,12,14H,6-7H2,1H3. The van der Waals surface area contributed by atoms with E-state index in [2.05, 4.69) is 10.3 Å². The van der Waals surface area contributed by atoms with E-state index in [4.69, 9.17) is 4.74 Å². The topological polar surface area (TPSA) is 74.8 Å². The Morgan fingerprint density at radius 1 is 1.47 bits per heavy atom. The summed E-state index contributed by atoms with van der Waals surface area (Å²) in [5, 5.41) is 5.24. The largest absolute Gasteiger partial charge is 0.467 e. The first kappa shape index (κ1) is 11.7. The minimum Gasteiger partial charge on any atom is -0.467 e. The molecular formula is C13H13N3O3. The number of fused-ring (bicyclic) bond motifs is 3. The van der Waals surface area contributed by atoms with Crippen LogP contribution in [0.1, 0.15) is 11.3 Å². The third kappa shape index (κ3) is 1.76. The Hall–Kier alpha value is -2.37. The number of nitroso groups, excluding NO2 is 1. The summed E-state index contributed by atoms with van der Waals surface area (Å²) in [7, 11) is 1.32. The Kier molecular flexibility index (Phi) is 2.70. The van der Waals surface area contributed by atoms with E-state index >= 15 is 0 Å². The van der Waals surface area contributed by atoms with Gasteiger partial charge in [0.1, 0.15) is 0 Å². The molecule has 2 heterocycles. The molecule has 6 heteroatoms. The Morgan fingerprint density at radius 2 is 2.26 bits per heavy atom. The van der Waals surface area contributed by atoms with Crippen LogP contribution >= 0.6 is 0 Å². The minimum absolute atomic E-state index is 0.299. The van der Waals surface area contributed by atoms with E-state index in [1.54, 1.807) is 0 Å². The van der Waals surface area contributed by atoms with Crippen LogP contribution in [0.2, 0.25) is 0 Å². The third-order valence-electron chi connectivity index (χ3n) is 3.56. The van der Waals surface area contributed by atoms with E-state index in [0.29, 0.717) is 13.0 Å². The number of para-hydroxylation sites is 1. The molecule has 1 aromatic heterocycles. The molecule has 0 radical (unpaired) electrons. The number of H-pyrrole nitrogens is 1. The molecule has 1 aliphatic heterocycles. The van der Waals surface area contributed by atoms with Crippen molar-refractivity contribution < 1.29 is 9.53 Å². The zero-order valence-corrected chi connectivity index (χ0v) is 10.4. The predicted octanol–water partition coefficient (Wildman–Crippen LogP) is 1.75. The molecule has 1 aliphatic rings. The Morgan fingerprint density at radius 3 is 3.00 bits per heavy atom. The van der Waals surface area contributed by atoms with Crippen LogP contribution in [-0.4, -0.2) is 29.1 Å². The van der Waals surface area contributed by atoms with Crippen molar-refractivity contribution in [2.45, 2.75) is 19.0 Å². The van der Waals surface area contributed by atoms with E-state index < -0.39 is 12.0 Å². The first-order valence-corrected chi connectivity index (χ1v) is 6.00. The van der Waals surface area contributed by atoms with E-state index in [-0.39, 0.29) is 0 Å². The summed E-state index contributed by atoms with van der Waals surface area (Å²) in [6.07, 6.45) is 0.428. The van der Waals surface area contributed by atoms with Crippen molar-refractivity contribution in [3.8, 4) is 0 Å². The number of nitrogens with one attached hydrogen (secondary N) is 1. The fourth-order valence-corrected chi connectivity index (χ4v) is 2.62. The first-order valence-electron chi connectivity index (χ1n) is 6.00. The van der Waals surface area contributed by atoms with Gasteiger partial charge in [0, 0.05) is 23.0 Å². The lowest BCUT2D eigenvalue weighted by Gasteiger charge is -2.28. The van der Waals surface area contributed by atoms with Gasteiger partial charge in [0.2, 0.25) is 0 Å². The van der Waals surface area contributed by atoms with Gasteiger partial charge in [-0.05, 0) is 11.6 Å². The van der Waals surface area contributed by atoms with Crippen LogP contribution in [0.4, 0.5) is 0 Å². The molecule has 0 bridgehead atoms. The maximum absolute atomic E-state index is 11.7. The Bertz CT molecular complexity index is 650. The van der Waals surface area contributed by atoms with E-state index in [1.165, 1.54) is 12.1 Å². The van der Waals surface area contributed by atoms with Gasteiger partial charge in [-0.2, -0.15) is 0 Å².